The maximum Gasteiger partial charge on any atom is 0.573 e. The molecule has 2 amide bonds. The SMILES string of the molecule is COc1cccc(N2C(=O)CC(N3CCc4[nH]c5ccc(OC(F)(F)F)cc5c4C3)C2=O)c1. The standard InChI is InChI=1S/C23H20F3N3O4/c1-32-14-4-2-3-13(9-14)29-21(30)11-20(22(29)31)28-8-7-19-17(12-28)16-10-15(33-23(24,25)26)5-6-18(16)27-19/h2-6,9-10,20,27H,7-8,11-12H2,1H3. The van der Waals surface area contributed by atoms with E-state index in [0.717, 1.165) is 11.3 Å². The summed E-state index contributed by atoms with van der Waals surface area (Å²) < 4.78 is 47.2. The largest absolute Gasteiger partial charge is 0.573 e. The molecule has 2 aliphatic rings. The molecular formula is C23H20F3N3O4. The Labute approximate surface area is 186 Å². The number of nitrogens with zero attached hydrogens (tertiary/aromatic N) is 2. The highest BCUT2D eigenvalue weighted by Crippen LogP contribution is 2.35. The Bertz CT molecular complexity index is 1250. The molecule has 5 rings (SSSR count). The van der Waals surface area contributed by atoms with Gasteiger partial charge in [0.05, 0.1) is 25.3 Å². The van der Waals surface area contributed by atoms with E-state index in [9.17, 15) is 22.8 Å². The molecule has 7 nitrogen and oxygen atoms in total. The average molecular weight is 459 g/mol. The molecule has 0 aliphatic carbocycles. The van der Waals surface area contributed by atoms with Gasteiger partial charge in [0.1, 0.15) is 11.5 Å². The highest BCUT2D eigenvalue weighted by Gasteiger charge is 2.44. The summed E-state index contributed by atoms with van der Waals surface area (Å²) in [5.74, 6) is -0.387. The van der Waals surface area contributed by atoms with Crippen molar-refractivity contribution in [2.45, 2.75) is 31.8 Å². The molecule has 1 unspecified atom stereocenters. The van der Waals surface area contributed by atoms with Crippen LogP contribution in [0.1, 0.15) is 17.7 Å². The smallest absolute Gasteiger partial charge is 0.497 e. The number of hydrogen-bond donors (Lipinski definition) is 1. The third kappa shape index (κ3) is 3.91. The van der Waals surface area contributed by atoms with Crippen molar-refractivity contribution < 1.29 is 32.2 Å². The van der Waals surface area contributed by atoms with Gasteiger partial charge in [-0.3, -0.25) is 14.5 Å². The number of imide groups is 1. The molecule has 172 valence electrons. The molecular weight excluding hydrogens is 439 g/mol. The third-order valence-corrected chi connectivity index (χ3v) is 6.08. The first kappa shape index (κ1) is 21.3. The number of alkyl halides is 3. The number of carbonyl (C=O) groups is 2. The number of methoxy groups -OCH3 is 1. The number of fused-ring (bicyclic) bond motifs is 3. The Hall–Kier alpha value is -3.53. The van der Waals surface area contributed by atoms with Gasteiger partial charge < -0.3 is 14.5 Å². The summed E-state index contributed by atoms with van der Waals surface area (Å²) in [5.41, 5.74) is 2.87. The van der Waals surface area contributed by atoms with E-state index in [4.69, 9.17) is 4.74 Å². The van der Waals surface area contributed by atoms with Gasteiger partial charge >= 0.3 is 6.36 Å². The van der Waals surface area contributed by atoms with Crippen molar-refractivity contribution in [1.82, 2.24) is 9.88 Å². The highest BCUT2D eigenvalue weighted by atomic mass is 19.4. The summed E-state index contributed by atoms with van der Waals surface area (Å²) in [6, 6.07) is 10.3. The van der Waals surface area contributed by atoms with E-state index in [-0.39, 0.29) is 24.0 Å². The molecule has 1 atom stereocenters. The summed E-state index contributed by atoms with van der Waals surface area (Å²) in [4.78, 5) is 32.3. The first-order valence-electron chi connectivity index (χ1n) is 10.4. The van der Waals surface area contributed by atoms with Crippen LogP contribution in [0.2, 0.25) is 0 Å². The summed E-state index contributed by atoms with van der Waals surface area (Å²) in [5, 5.41) is 0.609. The molecule has 1 saturated heterocycles. The number of ether oxygens (including phenoxy) is 2. The predicted molar refractivity (Wildman–Crippen MR) is 113 cm³/mol. The van der Waals surface area contributed by atoms with Crippen LogP contribution >= 0.6 is 0 Å². The fourth-order valence-electron chi connectivity index (χ4n) is 4.60. The fraction of sp³-hybridized carbons (Fsp3) is 0.304. The zero-order chi connectivity index (χ0) is 23.3. The Kier molecular flexibility index (Phi) is 5.04. The van der Waals surface area contributed by atoms with E-state index in [1.807, 2.05) is 4.90 Å². The monoisotopic (exact) mass is 459 g/mol. The molecule has 0 saturated carbocycles. The van der Waals surface area contributed by atoms with E-state index < -0.39 is 12.4 Å². The molecule has 1 fully saturated rings. The second-order valence-corrected chi connectivity index (χ2v) is 8.05. The Morgan fingerprint density at radius 2 is 1.91 bits per heavy atom. The van der Waals surface area contributed by atoms with Crippen LogP contribution in [-0.2, 0) is 22.6 Å². The van der Waals surface area contributed by atoms with Crippen molar-refractivity contribution in [2.75, 3.05) is 18.6 Å². The van der Waals surface area contributed by atoms with Crippen LogP contribution in [0.5, 0.6) is 11.5 Å². The van der Waals surface area contributed by atoms with Gasteiger partial charge in [-0.05, 0) is 35.9 Å². The first-order valence-corrected chi connectivity index (χ1v) is 10.4. The molecule has 1 aromatic heterocycles. The lowest BCUT2D eigenvalue weighted by molar-refractivity contribution is -0.274. The van der Waals surface area contributed by atoms with Crippen molar-refractivity contribution >= 4 is 28.4 Å². The van der Waals surface area contributed by atoms with Gasteiger partial charge in [-0.25, -0.2) is 4.90 Å². The molecule has 2 aliphatic heterocycles. The number of anilines is 1. The zero-order valence-electron chi connectivity index (χ0n) is 17.6. The summed E-state index contributed by atoms with van der Waals surface area (Å²) in [6.07, 6.45) is -4.16. The van der Waals surface area contributed by atoms with Gasteiger partial charge in [-0.15, -0.1) is 13.2 Å². The number of benzene rings is 2. The van der Waals surface area contributed by atoms with Crippen molar-refractivity contribution in [1.29, 1.82) is 0 Å². The summed E-state index contributed by atoms with van der Waals surface area (Å²) >= 11 is 0. The van der Waals surface area contributed by atoms with Gasteiger partial charge in [0.2, 0.25) is 5.91 Å². The van der Waals surface area contributed by atoms with Gasteiger partial charge in [0.15, 0.2) is 0 Å². The van der Waals surface area contributed by atoms with Crippen LogP contribution in [0.15, 0.2) is 42.5 Å². The third-order valence-electron chi connectivity index (χ3n) is 6.08. The Morgan fingerprint density at radius 3 is 2.67 bits per heavy atom. The van der Waals surface area contributed by atoms with E-state index >= 15 is 0 Å². The number of nitrogens with one attached hydrogen (secondary N) is 1. The van der Waals surface area contributed by atoms with E-state index in [1.54, 1.807) is 30.3 Å². The number of rotatable bonds is 4. The van der Waals surface area contributed by atoms with Gasteiger partial charge in [-0.2, -0.15) is 0 Å². The molecule has 0 bridgehead atoms. The Morgan fingerprint density at radius 1 is 1.09 bits per heavy atom. The second kappa shape index (κ2) is 7.80. The first-order chi connectivity index (χ1) is 15.7. The van der Waals surface area contributed by atoms with Gasteiger partial charge in [-0.1, -0.05) is 6.07 Å². The lowest BCUT2D eigenvalue weighted by atomic mass is 10.0. The molecule has 0 radical (unpaired) electrons. The van der Waals surface area contributed by atoms with Crippen molar-refractivity contribution in [2.24, 2.45) is 0 Å². The van der Waals surface area contributed by atoms with Gasteiger partial charge in [0, 0.05) is 42.2 Å². The number of hydrogen-bond acceptors (Lipinski definition) is 5. The van der Waals surface area contributed by atoms with E-state index in [2.05, 4.69) is 9.72 Å². The quantitative estimate of drug-likeness (QED) is 0.602. The Balaban J connectivity index is 1.41. The van der Waals surface area contributed by atoms with Crippen LogP contribution in [-0.4, -0.2) is 47.8 Å². The number of carbonyl (C=O) groups excluding carboxylic acids is 2. The molecule has 1 N–H and O–H groups in total. The highest BCUT2D eigenvalue weighted by molar-refractivity contribution is 6.22. The topological polar surface area (TPSA) is 74.9 Å². The lowest BCUT2D eigenvalue weighted by Gasteiger charge is -2.31. The number of aromatic amines is 1. The minimum atomic E-state index is -4.78. The van der Waals surface area contributed by atoms with Gasteiger partial charge in [0.25, 0.3) is 5.91 Å². The van der Waals surface area contributed by atoms with Crippen molar-refractivity contribution in [3.05, 3.63) is 53.7 Å². The molecule has 3 aromatic rings. The normalized spacial score (nSPS) is 19.3. The van der Waals surface area contributed by atoms with Crippen LogP contribution in [0.25, 0.3) is 10.9 Å². The minimum absolute atomic E-state index is 0.0379. The molecule has 0 spiro atoms. The fourth-order valence-corrected chi connectivity index (χ4v) is 4.60. The average Bonchev–Trinajstić information content (AvgIpc) is 3.28. The molecule has 10 heteroatoms. The number of halogens is 3. The maximum atomic E-state index is 13.2. The number of aromatic nitrogens is 1. The molecule has 33 heavy (non-hydrogen) atoms. The minimum Gasteiger partial charge on any atom is -0.497 e. The maximum absolute atomic E-state index is 13.2. The van der Waals surface area contributed by atoms with Crippen LogP contribution < -0.4 is 14.4 Å². The van der Waals surface area contributed by atoms with Crippen molar-refractivity contribution in [3.8, 4) is 11.5 Å². The number of H-pyrrole nitrogens is 1. The summed E-state index contributed by atoms with van der Waals surface area (Å²) in [7, 11) is 1.51. The molecule has 2 aromatic carbocycles. The predicted octanol–water partition coefficient (Wildman–Crippen LogP) is 3.77. The van der Waals surface area contributed by atoms with Crippen LogP contribution in [0, 0.1) is 0 Å². The summed E-state index contributed by atoms with van der Waals surface area (Å²) in [6.45, 7) is 0.877. The van der Waals surface area contributed by atoms with E-state index in [0.29, 0.717) is 41.9 Å². The van der Waals surface area contributed by atoms with E-state index in [1.165, 1.54) is 24.1 Å². The second-order valence-electron chi connectivity index (χ2n) is 8.05. The molecule has 3 heterocycles. The van der Waals surface area contributed by atoms with Crippen molar-refractivity contribution in [3.63, 3.8) is 0 Å². The lowest BCUT2D eigenvalue weighted by Crippen LogP contribution is -2.44. The number of amides is 2. The van der Waals surface area contributed by atoms with Crippen LogP contribution in [0.3, 0.4) is 0 Å². The van der Waals surface area contributed by atoms with Crippen LogP contribution in [0.4, 0.5) is 18.9 Å². The zero-order valence-corrected chi connectivity index (χ0v) is 17.6.